The third-order valence-electron chi connectivity index (χ3n) is 2.48. The van der Waals surface area contributed by atoms with Gasteiger partial charge in [0.2, 0.25) is 0 Å². The van der Waals surface area contributed by atoms with E-state index in [4.69, 9.17) is 5.11 Å². The number of rotatable bonds is 2. The smallest absolute Gasteiger partial charge is 0.133 e. The number of carbonyl (C=O) groups excluding carboxylic acids is 1. The molecular weight excluding hydrogens is 140 g/mol. The van der Waals surface area contributed by atoms with E-state index in [2.05, 4.69) is 0 Å². The predicted molar refractivity (Wildman–Crippen MR) is 43.1 cm³/mol. The van der Waals surface area contributed by atoms with Crippen LogP contribution in [0.1, 0.15) is 20.3 Å². The van der Waals surface area contributed by atoms with Crippen LogP contribution in [0.25, 0.3) is 0 Å². The third-order valence-corrected chi connectivity index (χ3v) is 2.48. The van der Waals surface area contributed by atoms with Crippen molar-refractivity contribution < 1.29 is 9.90 Å². The highest BCUT2D eigenvalue weighted by molar-refractivity contribution is 5.79. The van der Waals surface area contributed by atoms with Crippen molar-refractivity contribution in [1.29, 1.82) is 0 Å². The fraction of sp³-hybridized carbons (Fsp3) is 0.667. The van der Waals surface area contributed by atoms with Gasteiger partial charge in [0.25, 0.3) is 0 Å². The maximum absolute atomic E-state index is 11.0. The summed E-state index contributed by atoms with van der Waals surface area (Å²) in [5, 5.41) is 8.96. The Bertz CT molecular complexity index is 194. The number of ketones is 1. The van der Waals surface area contributed by atoms with Crippen molar-refractivity contribution in [2.45, 2.75) is 20.3 Å². The molecule has 62 valence electrons. The van der Waals surface area contributed by atoms with Crippen LogP contribution in [0, 0.1) is 11.8 Å². The summed E-state index contributed by atoms with van der Waals surface area (Å²) in [6.45, 7) is 3.68. The van der Waals surface area contributed by atoms with E-state index >= 15 is 0 Å². The number of aliphatic hydroxyl groups excluding tert-OH is 1. The quantitative estimate of drug-likeness (QED) is 0.606. The second-order valence-corrected chi connectivity index (χ2v) is 3.19. The predicted octanol–water partition coefficient (Wildman–Crippen LogP) is 1.15. The molecule has 2 nitrogen and oxygen atoms in total. The minimum Gasteiger partial charge on any atom is -0.396 e. The van der Waals surface area contributed by atoms with Gasteiger partial charge >= 0.3 is 0 Å². The average Bonchev–Trinajstić information content (AvgIpc) is 2.30. The van der Waals surface area contributed by atoms with Gasteiger partial charge in [0.15, 0.2) is 0 Å². The summed E-state index contributed by atoms with van der Waals surface area (Å²) in [5.41, 5.74) is 1.16. The molecule has 1 rings (SSSR count). The lowest BCUT2D eigenvalue weighted by atomic mass is 9.90. The molecule has 0 saturated carbocycles. The van der Waals surface area contributed by atoms with Crippen LogP contribution in [0.15, 0.2) is 11.6 Å². The molecule has 0 aromatic heterocycles. The molecule has 2 atom stereocenters. The third kappa shape index (κ3) is 1.51. The Morgan fingerprint density at radius 3 is 2.82 bits per heavy atom. The maximum Gasteiger partial charge on any atom is 0.133 e. The fourth-order valence-electron chi connectivity index (χ4n) is 1.67. The minimum atomic E-state index is 0.0417. The molecule has 0 unspecified atom stereocenters. The van der Waals surface area contributed by atoms with Gasteiger partial charge in [-0.05, 0) is 20.3 Å². The van der Waals surface area contributed by atoms with E-state index in [0.29, 0.717) is 0 Å². The lowest BCUT2D eigenvalue weighted by Gasteiger charge is -2.15. The van der Waals surface area contributed by atoms with E-state index in [9.17, 15) is 4.79 Å². The first kappa shape index (κ1) is 8.47. The first-order chi connectivity index (χ1) is 5.16. The van der Waals surface area contributed by atoms with Crippen LogP contribution in [0.2, 0.25) is 0 Å². The van der Waals surface area contributed by atoms with Gasteiger partial charge in [-0.2, -0.15) is 0 Å². The largest absolute Gasteiger partial charge is 0.396 e. The molecular formula is C9H14O2. The SMILES string of the molecule is CC(=O)[C@H]1CC=C(C)[C@@H]1CO. The van der Waals surface area contributed by atoms with Crippen LogP contribution in [0.5, 0.6) is 0 Å². The molecule has 0 aliphatic heterocycles. The van der Waals surface area contributed by atoms with Crippen LogP contribution in [0.4, 0.5) is 0 Å². The van der Waals surface area contributed by atoms with Crippen LogP contribution < -0.4 is 0 Å². The van der Waals surface area contributed by atoms with Crippen LogP contribution in [-0.2, 0) is 4.79 Å². The number of carbonyl (C=O) groups is 1. The second-order valence-electron chi connectivity index (χ2n) is 3.19. The molecule has 0 fully saturated rings. The van der Waals surface area contributed by atoms with Gasteiger partial charge in [-0.25, -0.2) is 0 Å². The van der Waals surface area contributed by atoms with E-state index in [1.54, 1.807) is 6.92 Å². The van der Waals surface area contributed by atoms with Gasteiger partial charge in [-0.1, -0.05) is 11.6 Å². The van der Waals surface area contributed by atoms with E-state index in [1.165, 1.54) is 0 Å². The zero-order chi connectivity index (χ0) is 8.43. The van der Waals surface area contributed by atoms with Crippen molar-refractivity contribution in [1.82, 2.24) is 0 Å². The summed E-state index contributed by atoms with van der Waals surface area (Å²) in [5.74, 6) is 0.324. The monoisotopic (exact) mass is 154 g/mol. The van der Waals surface area contributed by atoms with Gasteiger partial charge in [-0.3, -0.25) is 4.79 Å². The fourth-order valence-corrected chi connectivity index (χ4v) is 1.67. The summed E-state index contributed by atoms with van der Waals surface area (Å²) in [6, 6.07) is 0. The molecule has 0 aromatic carbocycles. The van der Waals surface area contributed by atoms with E-state index in [1.807, 2.05) is 13.0 Å². The minimum absolute atomic E-state index is 0.0417. The molecule has 1 aliphatic carbocycles. The van der Waals surface area contributed by atoms with Gasteiger partial charge in [0, 0.05) is 11.8 Å². The van der Waals surface area contributed by atoms with Gasteiger partial charge in [0.05, 0.1) is 6.61 Å². The molecule has 0 aromatic rings. The molecule has 2 heteroatoms. The van der Waals surface area contributed by atoms with E-state index in [-0.39, 0.29) is 24.2 Å². The number of allylic oxidation sites excluding steroid dienone is 1. The van der Waals surface area contributed by atoms with E-state index < -0.39 is 0 Å². The van der Waals surface area contributed by atoms with E-state index in [0.717, 1.165) is 12.0 Å². The van der Waals surface area contributed by atoms with Crippen molar-refractivity contribution in [3.63, 3.8) is 0 Å². The topological polar surface area (TPSA) is 37.3 Å². The number of hydrogen-bond donors (Lipinski definition) is 1. The molecule has 0 spiro atoms. The summed E-state index contributed by atoms with van der Waals surface area (Å²) in [7, 11) is 0. The molecule has 0 saturated heterocycles. The first-order valence-corrected chi connectivity index (χ1v) is 3.94. The standard InChI is InChI=1S/C9H14O2/c1-6-3-4-8(7(2)11)9(6)5-10/h3,8-10H,4-5H2,1-2H3/t8-,9+/m1/s1. The molecule has 1 N–H and O–H groups in total. The zero-order valence-corrected chi connectivity index (χ0v) is 7.00. The summed E-state index contributed by atoms with van der Waals surface area (Å²) >= 11 is 0. The Morgan fingerprint density at radius 1 is 1.82 bits per heavy atom. The Kier molecular flexibility index (Phi) is 2.45. The number of hydrogen-bond acceptors (Lipinski definition) is 2. The van der Waals surface area contributed by atoms with Crippen LogP contribution in [-0.4, -0.2) is 17.5 Å². The van der Waals surface area contributed by atoms with Gasteiger partial charge in [0.1, 0.15) is 5.78 Å². The Balaban J connectivity index is 2.68. The van der Waals surface area contributed by atoms with Crippen LogP contribution in [0.3, 0.4) is 0 Å². The van der Waals surface area contributed by atoms with Crippen LogP contribution >= 0.6 is 0 Å². The van der Waals surface area contributed by atoms with Crippen molar-refractivity contribution in [2.75, 3.05) is 6.61 Å². The molecule has 0 radical (unpaired) electrons. The molecule has 0 bridgehead atoms. The highest BCUT2D eigenvalue weighted by Gasteiger charge is 2.29. The average molecular weight is 154 g/mol. The van der Waals surface area contributed by atoms with Gasteiger partial charge in [-0.15, -0.1) is 0 Å². The van der Waals surface area contributed by atoms with Crippen molar-refractivity contribution in [3.8, 4) is 0 Å². The molecule has 1 aliphatic rings. The zero-order valence-electron chi connectivity index (χ0n) is 7.00. The Hall–Kier alpha value is -0.630. The second kappa shape index (κ2) is 3.18. The molecule has 11 heavy (non-hydrogen) atoms. The first-order valence-electron chi connectivity index (χ1n) is 3.94. The summed E-state index contributed by atoms with van der Waals surface area (Å²) < 4.78 is 0. The van der Waals surface area contributed by atoms with Crippen molar-refractivity contribution >= 4 is 5.78 Å². The van der Waals surface area contributed by atoms with Crippen molar-refractivity contribution in [3.05, 3.63) is 11.6 Å². The Morgan fingerprint density at radius 2 is 2.45 bits per heavy atom. The van der Waals surface area contributed by atoms with Gasteiger partial charge < -0.3 is 5.11 Å². The number of aliphatic hydroxyl groups is 1. The molecule has 0 amide bonds. The number of Topliss-reactive ketones (excluding diaryl/α,β-unsaturated/α-hetero) is 1. The van der Waals surface area contributed by atoms with Crippen molar-refractivity contribution in [2.24, 2.45) is 11.8 Å². The normalized spacial score (nSPS) is 30.3. The Labute approximate surface area is 66.9 Å². The lowest BCUT2D eigenvalue weighted by Crippen LogP contribution is -2.21. The summed E-state index contributed by atoms with van der Waals surface area (Å²) in [6.07, 6.45) is 2.86. The maximum atomic E-state index is 11.0. The summed E-state index contributed by atoms with van der Waals surface area (Å²) in [4.78, 5) is 11.0. The molecule has 0 heterocycles. The highest BCUT2D eigenvalue weighted by Crippen LogP contribution is 2.31. The highest BCUT2D eigenvalue weighted by atomic mass is 16.3. The lowest BCUT2D eigenvalue weighted by molar-refractivity contribution is -0.122.